The van der Waals surface area contributed by atoms with E-state index in [4.69, 9.17) is 5.11 Å². The van der Waals surface area contributed by atoms with Gasteiger partial charge in [0.15, 0.2) is 0 Å². The molecule has 0 spiro atoms. The first-order valence-corrected chi connectivity index (χ1v) is 6.05. The van der Waals surface area contributed by atoms with Crippen molar-refractivity contribution >= 4 is 30.4 Å². The second kappa shape index (κ2) is 6.60. The van der Waals surface area contributed by atoms with Gasteiger partial charge in [0.2, 0.25) is 0 Å². The maximum Gasteiger partial charge on any atom is 0.305 e. The Kier molecular flexibility index (Phi) is 6.68. The zero-order valence-electron chi connectivity index (χ0n) is 8.25. The molecule has 1 unspecified atom stereocenters. The van der Waals surface area contributed by atoms with Gasteiger partial charge in [-0.25, -0.2) is 0 Å². The molecule has 0 heterocycles. The molecule has 78 valence electrons. The molecule has 2 nitrogen and oxygen atoms in total. The summed E-state index contributed by atoms with van der Waals surface area (Å²) in [4.78, 5) is 10.6. The summed E-state index contributed by atoms with van der Waals surface area (Å²) >= 11 is 6.11. The van der Waals surface area contributed by atoms with Crippen LogP contribution in [0.25, 0.3) is 0 Å². The van der Waals surface area contributed by atoms with E-state index < -0.39 is 5.97 Å². The van der Waals surface area contributed by atoms with Crippen LogP contribution in [0, 0.1) is 0 Å². The third-order valence-corrected chi connectivity index (χ3v) is 3.91. The van der Waals surface area contributed by atoms with Gasteiger partial charge in [0, 0.05) is 0 Å². The molecule has 1 atom stereocenters. The van der Waals surface area contributed by atoms with Crippen molar-refractivity contribution in [1.82, 2.24) is 0 Å². The third kappa shape index (κ3) is 6.27. The van der Waals surface area contributed by atoms with Gasteiger partial charge in [-0.3, -0.25) is 4.79 Å². The van der Waals surface area contributed by atoms with Crippen LogP contribution in [0.1, 0.15) is 39.5 Å². The Hall–Kier alpha value is 0.170. The minimum Gasteiger partial charge on any atom is -0.481 e. The Morgan fingerprint density at radius 3 is 2.46 bits per heavy atom. The lowest BCUT2D eigenvalue weighted by Crippen LogP contribution is -2.21. The molecular formula is C9H18O2S2. The summed E-state index contributed by atoms with van der Waals surface area (Å²) < 4.78 is -0.364. The first kappa shape index (κ1) is 13.2. The third-order valence-electron chi connectivity index (χ3n) is 1.64. The normalized spacial score (nSPS) is 15.3. The van der Waals surface area contributed by atoms with Crippen LogP contribution < -0.4 is 0 Å². The van der Waals surface area contributed by atoms with Gasteiger partial charge >= 0.3 is 5.97 Å². The van der Waals surface area contributed by atoms with Crippen molar-refractivity contribution in [2.75, 3.05) is 5.75 Å². The fourth-order valence-electron chi connectivity index (χ4n) is 1.13. The number of hydrogen-bond acceptors (Lipinski definition) is 3. The van der Waals surface area contributed by atoms with E-state index in [1.807, 2.05) is 0 Å². The van der Waals surface area contributed by atoms with Gasteiger partial charge in [-0.2, -0.15) is 12.6 Å². The van der Waals surface area contributed by atoms with E-state index in [2.05, 4.69) is 26.5 Å². The molecule has 0 radical (unpaired) electrons. The Labute approximate surface area is 89.9 Å². The van der Waals surface area contributed by atoms with Crippen molar-refractivity contribution < 1.29 is 9.90 Å². The molecule has 0 aromatic rings. The molecular weight excluding hydrogens is 204 g/mol. The molecule has 4 heteroatoms. The van der Waals surface area contributed by atoms with E-state index in [9.17, 15) is 4.79 Å². The van der Waals surface area contributed by atoms with E-state index in [1.54, 1.807) is 11.8 Å². The molecule has 0 aliphatic heterocycles. The van der Waals surface area contributed by atoms with Gasteiger partial charge in [-0.05, 0) is 18.6 Å². The number of carboxylic acid groups (broad SMARTS) is 1. The van der Waals surface area contributed by atoms with E-state index in [-0.39, 0.29) is 10.5 Å². The zero-order chi connectivity index (χ0) is 10.3. The quantitative estimate of drug-likeness (QED) is 0.513. The van der Waals surface area contributed by atoms with Crippen LogP contribution in [0.5, 0.6) is 0 Å². The number of thiol groups is 1. The SMILES string of the molecule is CCCSC(S)(CCC)CC(=O)O. The van der Waals surface area contributed by atoms with Gasteiger partial charge in [0.05, 0.1) is 10.5 Å². The molecule has 0 amide bonds. The second-order valence-electron chi connectivity index (χ2n) is 3.12. The Morgan fingerprint density at radius 1 is 1.46 bits per heavy atom. The molecule has 0 rings (SSSR count). The molecule has 0 fully saturated rings. The predicted molar refractivity (Wildman–Crippen MR) is 61.6 cm³/mol. The molecule has 0 saturated carbocycles. The Morgan fingerprint density at radius 2 is 2.08 bits per heavy atom. The van der Waals surface area contributed by atoms with Crippen molar-refractivity contribution in [3.63, 3.8) is 0 Å². The molecule has 0 aromatic heterocycles. The fraction of sp³-hybridized carbons (Fsp3) is 0.889. The fourth-order valence-corrected chi connectivity index (χ4v) is 2.92. The number of aliphatic carboxylic acids is 1. The highest BCUT2D eigenvalue weighted by molar-refractivity contribution is 8.11. The van der Waals surface area contributed by atoms with E-state index >= 15 is 0 Å². The number of rotatable bonds is 7. The standard InChI is InChI=1S/C9H18O2S2/c1-3-5-9(12,7-8(10)11)13-6-4-2/h12H,3-7H2,1-2H3,(H,10,11). The molecule has 0 aromatic carbocycles. The van der Waals surface area contributed by atoms with E-state index in [0.29, 0.717) is 0 Å². The summed E-state index contributed by atoms with van der Waals surface area (Å²) in [5, 5.41) is 8.71. The number of hydrogen-bond donors (Lipinski definition) is 2. The maximum absolute atomic E-state index is 10.6. The van der Waals surface area contributed by atoms with Crippen molar-refractivity contribution in [2.24, 2.45) is 0 Å². The average molecular weight is 222 g/mol. The molecule has 13 heavy (non-hydrogen) atoms. The van der Waals surface area contributed by atoms with Gasteiger partial charge in [0.1, 0.15) is 0 Å². The van der Waals surface area contributed by atoms with Crippen LogP contribution >= 0.6 is 24.4 Å². The lowest BCUT2D eigenvalue weighted by Gasteiger charge is -2.25. The van der Waals surface area contributed by atoms with Crippen LogP contribution in [0.2, 0.25) is 0 Å². The van der Waals surface area contributed by atoms with Crippen LogP contribution in [0.15, 0.2) is 0 Å². The van der Waals surface area contributed by atoms with Crippen molar-refractivity contribution in [1.29, 1.82) is 0 Å². The maximum atomic E-state index is 10.6. The molecule has 0 aliphatic rings. The second-order valence-corrected chi connectivity index (χ2v) is 5.75. The highest BCUT2D eigenvalue weighted by atomic mass is 32.2. The van der Waals surface area contributed by atoms with E-state index in [0.717, 1.165) is 25.0 Å². The number of carbonyl (C=O) groups is 1. The van der Waals surface area contributed by atoms with Crippen LogP contribution in [-0.4, -0.2) is 20.9 Å². The molecule has 0 saturated heterocycles. The summed E-state index contributed by atoms with van der Waals surface area (Å²) in [6, 6.07) is 0. The van der Waals surface area contributed by atoms with E-state index in [1.165, 1.54) is 0 Å². The monoisotopic (exact) mass is 222 g/mol. The largest absolute Gasteiger partial charge is 0.481 e. The summed E-state index contributed by atoms with van der Waals surface area (Å²) in [6.07, 6.45) is 3.05. The van der Waals surface area contributed by atoms with Gasteiger partial charge in [-0.15, -0.1) is 11.8 Å². The molecule has 0 bridgehead atoms. The van der Waals surface area contributed by atoms with Crippen molar-refractivity contribution in [3.8, 4) is 0 Å². The van der Waals surface area contributed by atoms with Crippen molar-refractivity contribution in [2.45, 2.75) is 43.6 Å². The molecule has 0 aliphatic carbocycles. The lowest BCUT2D eigenvalue weighted by molar-refractivity contribution is -0.137. The highest BCUT2D eigenvalue weighted by Gasteiger charge is 2.27. The smallest absolute Gasteiger partial charge is 0.305 e. The van der Waals surface area contributed by atoms with Gasteiger partial charge < -0.3 is 5.11 Å². The predicted octanol–water partition coefficient (Wildman–Crippen LogP) is 3.03. The van der Waals surface area contributed by atoms with Crippen molar-refractivity contribution in [3.05, 3.63) is 0 Å². The first-order valence-electron chi connectivity index (χ1n) is 4.62. The van der Waals surface area contributed by atoms with Crippen LogP contribution in [0.3, 0.4) is 0 Å². The highest BCUT2D eigenvalue weighted by Crippen LogP contribution is 2.37. The number of thioether (sulfide) groups is 1. The first-order chi connectivity index (χ1) is 6.04. The zero-order valence-corrected chi connectivity index (χ0v) is 9.96. The topological polar surface area (TPSA) is 37.3 Å². The summed E-state index contributed by atoms with van der Waals surface area (Å²) in [7, 11) is 0. The van der Waals surface area contributed by atoms with Crippen LogP contribution in [0.4, 0.5) is 0 Å². The number of carboxylic acids is 1. The van der Waals surface area contributed by atoms with Gasteiger partial charge in [0.25, 0.3) is 0 Å². The lowest BCUT2D eigenvalue weighted by atomic mass is 10.2. The summed E-state index contributed by atoms with van der Waals surface area (Å²) in [5.41, 5.74) is 0. The minimum atomic E-state index is -0.757. The average Bonchev–Trinajstić information content (AvgIpc) is 2.00. The minimum absolute atomic E-state index is 0.147. The van der Waals surface area contributed by atoms with Crippen LogP contribution in [-0.2, 0) is 4.79 Å². The van der Waals surface area contributed by atoms with Gasteiger partial charge in [-0.1, -0.05) is 20.3 Å². The Bertz CT molecular complexity index is 162. The summed E-state index contributed by atoms with van der Waals surface area (Å²) in [5.74, 6) is 0.226. The summed E-state index contributed by atoms with van der Waals surface area (Å²) in [6.45, 7) is 4.15. The molecule has 1 N–H and O–H groups in total. The Balaban J connectivity index is 4.06.